The molecule has 0 aliphatic rings. The second-order valence-electron chi connectivity index (χ2n) is 6.31. The predicted octanol–water partition coefficient (Wildman–Crippen LogP) is 1.62. The van der Waals surface area contributed by atoms with Crippen LogP contribution in [0.15, 0.2) is 41.0 Å². The zero-order valence-electron chi connectivity index (χ0n) is 15.2. The van der Waals surface area contributed by atoms with Crippen LogP contribution in [0.5, 0.6) is 0 Å². The van der Waals surface area contributed by atoms with Crippen LogP contribution in [0, 0.1) is 13.8 Å². The van der Waals surface area contributed by atoms with Crippen LogP contribution in [-0.4, -0.2) is 36.9 Å². The van der Waals surface area contributed by atoms with E-state index >= 15 is 0 Å². The summed E-state index contributed by atoms with van der Waals surface area (Å²) in [5.41, 5.74) is 2.82. The van der Waals surface area contributed by atoms with Crippen molar-refractivity contribution in [1.82, 2.24) is 4.90 Å². The third-order valence-corrected chi connectivity index (χ3v) is 4.19. The summed E-state index contributed by atoms with van der Waals surface area (Å²) >= 11 is 0. The van der Waals surface area contributed by atoms with Gasteiger partial charge < -0.3 is 20.0 Å². The topological polar surface area (TPSA) is 79.2 Å². The van der Waals surface area contributed by atoms with E-state index in [2.05, 4.69) is 5.32 Å². The van der Waals surface area contributed by atoms with E-state index in [4.69, 9.17) is 4.42 Å². The van der Waals surface area contributed by atoms with Gasteiger partial charge >= 0.3 is 0 Å². The maximum Gasteiger partial charge on any atom is 0.277 e. The molecule has 0 aliphatic heterocycles. The normalized spacial score (nSPS) is 11.8. The van der Waals surface area contributed by atoms with Crippen LogP contribution in [0.3, 0.4) is 0 Å². The number of amides is 2. The number of furan rings is 1. The molecule has 0 aliphatic carbocycles. The molecule has 2 aromatic rings. The van der Waals surface area contributed by atoms with Crippen LogP contribution >= 0.6 is 0 Å². The highest BCUT2D eigenvalue weighted by Gasteiger charge is 2.18. The molecule has 1 aromatic carbocycles. The Labute approximate surface area is 148 Å². The maximum atomic E-state index is 12.2. The number of aryl methyl sites for hydroxylation is 2. The van der Waals surface area contributed by atoms with E-state index in [1.54, 1.807) is 13.3 Å². The summed E-state index contributed by atoms with van der Waals surface area (Å²) in [4.78, 5) is 25.9. The Morgan fingerprint density at radius 2 is 1.88 bits per heavy atom. The van der Waals surface area contributed by atoms with Gasteiger partial charge in [-0.25, -0.2) is 0 Å². The van der Waals surface area contributed by atoms with Crippen molar-refractivity contribution in [2.75, 3.05) is 25.5 Å². The van der Waals surface area contributed by atoms with Crippen molar-refractivity contribution < 1.29 is 19.3 Å². The Morgan fingerprint density at radius 3 is 2.48 bits per heavy atom. The van der Waals surface area contributed by atoms with Gasteiger partial charge in [-0.15, -0.1) is 0 Å². The number of rotatable bonds is 7. The summed E-state index contributed by atoms with van der Waals surface area (Å²) in [5.74, 6) is 0.519. The van der Waals surface area contributed by atoms with Gasteiger partial charge in [-0.05, 0) is 44.0 Å². The van der Waals surface area contributed by atoms with E-state index in [9.17, 15) is 9.59 Å². The third-order valence-electron chi connectivity index (χ3n) is 4.19. The highest BCUT2D eigenvalue weighted by molar-refractivity contribution is 5.95. The molecule has 0 bridgehead atoms. The molecule has 1 aromatic heterocycles. The van der Waals surface area contributed by atoms with E-state index in [0.29, 0.717) is 0 Å². The number of nitrogens with two attached hydrogens (primary N) is 1. The van der Waals surface area contributed by atoms with Crippen LogP contribution < -0.4 is 10.6 Å². The van der Waals surface area contributed by atoms with Crippen LogP contribution in [0.1, 0.15) is 29.9 Å². The lowest BCUT2D eigenvalue weighted by Gasteiger charge is -2.18. The molecule has 1 atom stereocenters. The lowest BCUT2D eigenvalue weighted by molar-refractivity contribution is -0.684. The number of para-hydroxylation sites is 1. The fourth-order valence-electron chi connectivity index (χ4n) is 2.59. The third kappa shape index (κ3) is 5.19. The second kappa shape index (κ2) is 8.48. The number of hydrogen-bond acceptors (Lipinski definition) is 3. The average molecular weight is 344 g/mol. The fraction of sp³-hybridized carbons (Fsp3) is 0.368. The molecule has 2 rings (SSSR count). The SMILES string of the molecule is Cc1cccc(C)c1NC(=O)CN(C)C(=O)C[NH2+][C@@H](C)c1ccco1. The van der Waals surface area contributed by atoms with Crippen LogP contribution in [-0.2, 0) is 9.59 Å². The molecule has 3 N–H and O–H groups in total. The van der Waals surface area contributed by atoms with Gasteiger partial charge in [0.25, 0.3) is 5.91 Å². The number of hydrogen-bond donors (Lipinski definition) is 2. The van der Waals surface area contributed by atoms with E-state index in [1.807, 2.05) is 56.4 Å². The summed E-state index contributed by atoms with van der Waals surface area (Å²) in [6.07, 6.45) is 1.62. The van der Waals surface area contributed by atoms with Crippen molar-refractivity contribution in [1.29, 1.82) is 0 Å². The van der Waals surface area contributed by atoms with Gasteiger partial charge in [0.2, 0.25) is 5.91 Å². The Hall–Kier alpha value is -2.60. The first-order chi connectivity index (χ1) is 11.9. The first-order valence-corrected chi connectivity index (χ1v) is 8.35. The monoisotopic (exact) mass is 344 g/mol. The lowest BCUT2D eigenvalue weighted by atomic mass is 10.1. The largest absolute Gasteiger partial charge is 0.463 e. The molecule has 0 unspecified atom stereocenters. The summed E-state index contributed by atoms with van der Waals surface area (Å²) in [6.45, 7) is 6.15. The zero-order valence-corrected chi connectivity index (χ0v) is 15.2. The molecule has 134 valence electrons. The highest BCUT2D eigenvalue weighted by Crippen LogP contribution is 2.19. The van der Waals surface area contributed by atoms with Crippen molar-refractivity contribution in [2.45, 2.75) is 26.8 Å². The van der Waals surface area contributed by atoms with Crippen LogP contribution in [0.25, 0.3) is 0 Å². The number of benzene rings is 1. The molecule has 0 saturated carbocycles. The Bertz CT molecular complexity index is 705. The predicted molar refractivity (Wildman–Crippen MR) is 96.1 cm³/mol. The van der Waals surface area contributed by atoms with Crippen molar-refractivity contribution in [2.24, 2.45) is 0 Å². The van der Waals surface area contributed by atoms with Gasteiger partial charge in [0, 0.05) is 12.7 Å². The molecule has 0 spiro atoms. The van der Waals surface area contributed by atoms with E-state index in [1.165, 1.54) is 4.90 Å². The summed E-state index contributed by atoms with van der Waals surface area (Å²) in [6, 6.07) is 9.60. The molecular weight excluding hydrogens is 318 g/mol. The van der Waals surface area contributed by atoms with E-state index < -0.39 is 0 Å². The fourth-order valence-corrected chi connectivity index (χ4v) is 2.59. The second-order valence-corrected chi connectivity index (χ2v) is 6.31. The molecular formula is C19H26N3O3+. The molecule has 0 radical (unpaired) electrons. The Morgan fingerprint density at radius 1 is 1.20 bits per heavy atom. The van der Waals surface area contributed by atoms with Crippen LogP contribution in [0.4, 0.5) is 5.69 Å². The quantitative estimate of drug-likeness (QED) is 0.801. The molecule has 0 saturated heterocycles. The standard InChI is InChI=1S/C19H25N3O3/c1-13-7-5-8-14(2)19(13)21-17(23)12-22(4)18(24)11-20-15(3)16-9-6-10-25-16/h5-10,15,20H,11-12H2,1-4H3,(H,21,23)/p+1/t15-/m0/s1. The van der Waals surface area contributed by atoms with Gasteiger partial charge in [-0.3, -0.25) is 9.59 Å². The number of carbonyl (C=O) groups is 2. The molecule has 6 nitrogen and oxygen atoms in total. The Balaban J connectivity index is 1.83. The minimum absolute atomic E-state index is 0.0234. The average Bonchev–Trinajstić information content (AvgIpc) is 3.10. The number of nitrogens with zero attached hydrogens (tertiary/aromatic N) is 1. The molecule has 0 fully saturated rings. The molecule has 2 amide bonds. The Kier molecular flexibility index (Phi) is 6.36. The van der Waals surface area contributed by atoms with E-state index in [-0.39, 0.29) is 30.9 Å². The minimum atomic E-state index is -0.202. The number of carbonyl (C=O) groups excluding carboxylic acids is 2. The lowest BCUT2D eigenvalue weighted by Crippen LogP contribution is -2.87. The summed E-state index contributed by atoms with van der Waals surface area (Å²) < 4.78 is 5.32. The van der Waals surface area contributed by atoms with Crippen LogP contribution in [0.2, 0.25) is 0 Å². The van der Waals surface area contributed by atoms with Gasteiger partial charge in [-0.1, -0.05) is 18.2 Å². The maximum absolute atomic E-state index is 12.2. The van der Waals surface area contributed by atoms with Gasteiger partial charge in [0.1, 0.15) is 6.04 Å². The minimum Gasteiger partial charge on any atom is -0.463 e. The van der Waals surface area contributed by atoms with Gasteiger partial charge in [-0.2, -0.15) is 0 Å². The molecule has 25 heavy (non-hydrogen) atoms. The summed E-state index contributed by atoms with van der Waals surface area (Å²) in [7, 11) is 1.64. The van der Waals surface area contributed by atoms with Gasteiger partial charge in [0.15, 0.2) is 12.3 Å². The number of quaternary nitrogens is 1. The zero-order chi connectivity index (χ0) is 18.4. The van der Waals surface area contributed by atoms with Gasteiger partial charge in [0.05, 0.1) is 12.8 Å². The smallest absolute Gasteiger partial charge is 0.277 e. The van der Waals surface area contributed by atoms with Crippen molar-refractivity contribution >= 4 is 17.5 Å². The van der Waals surface area contributed by atoms with Crippen molar-refractivity contribution in [3.63, 3.8) is 0 Å². The first kappa shape index (κ1) is 18.7. The van der Waals surface area contributed by atoms with Crippen molar-refractivity contribution in [3.05, 3.63) is 53.5 Å². The van der Waals surface area contributed by atoms with E-state index in [0.717, 1.165) is 22.6 Å². The molecule has 6 heteroatoms. The van der Waals surface area contributed by atoms with Crippen molar-refractivity contribution in [3.8, 4) is 0 Å². The number of nitrogens with one attached hydrogen (secondary N) is 1. The summed E-state index contributed by atoms with van der Waals surface area (Å²) in [5, 5.41) is 4.78. The first-order valence-electron chi connectivity index (χ1n) is 8.35. The number of likely N-dealkylation sites (N-methyl/N-ethyl adjacent to an activating group) is 1. The highest BCUT2D eigenvalue weighted by atomic mass is 16.3. The number of anilines is 1. The molecule has 1 heterocycles.